The molecule has 0 unspecified atom stereocenters. The van der Waals surface area contributed by atoms with Crippen molar-refractivity contribution in [2.75, 3.05) is 0 Å². The van der Waals surface area contributed by atoms with Crippen LogP contribution in [0.5, 0.6) is 0 Å². The summed E-state index contributed by atoms with van der Waals surface area (Å²) < 4.78 is 14.4. The van der Waals surface area contributed by atoms with Crippen molar-refractivity contribution in [2.45, 2.75) is 0 Å². The minimum Gasteiger partial charge on any atom is -0.455 e. The second-order valence-electron chi connectivity index (χ2n) is 28.3. The third-order valence-corrected chi connectivity index (χ3v) is 22.6. The van der Waals surface area contributed by atoms with E-state index in [1.807, 2.05) is 0 Å². The summed E-state index contributed by atoms with van der Waals surface area (Å²) >= 11 is 0. The Kier molecular flexibility index (Phi) is 13.4. The van der Waals surface area contributed by atoms with Crippen LogP contribution in [0.15, 0.2) is 385 Å². The molecular weight excluding hydrogens is 1280 g/mol. The molecule has 2 nitrogen and oxygen atoms in total. The van der Waals surface area contributed by atoms with E-state index in [1.165, 1.54) is 125 Å². The molecule has 0 spiro atoms. The Balaban J connectivity index is 0.763. The topological polar surface area (TPSA) is 26.3 Å². The van der Waals surface area contributed by atoms with E-state index < -0.39 is 0 Å². The highest BCUT2D eigenvalue weighted by atomic mass is 16.3. The lowest BCUT2D eigenvalue weighted by Gasteiger charge is -2.21. The molecule has 0 radical (unpaired) electrons. The normalized spacial score (nSPS) is 12.0. The van der Waals surface area contributed by atoms with Crippen molar-refractivity contribution >= 4 is 130 Å². The minimum absolute atomic E-state index is 0.831. The summed E-state index contributed by atoms with van der Waals surface area (Å²) in [7, 11) is 0. The predicted molar refractivity (Wildman–Crippen MR) is 450 cm³/mol. The van der Waals surface area contributed by atoms with Crippen LogP contribution in [0.4, 0.5) is 0 Å². The number of rotatable bonds is 9. The molecule has 0 amide bonds. The molecule has 0 aliphatic heterocycles. The van der Waals surface area contributed by atoms with Gasteiger partial charge in [0.25, 0.3) is 0 Å². The summed E-state index contributed by atoms with van der Waals surface area (Å²) in [6, 6.07) is 139. The highest BCUT2D eigenvalue weighted by Crippen LogP contribution is 2.54. The number of para-hydroxylation sites is 2. The lowest BCUT2D eigenvalue weighted by atomic mass is 9.81. The molecule has 22 rings (SSSR count). The quantitative estimate of drug-likeness (QED) is 0.135. The Morgan fingerprint density at radius 2 is 0.500 bits per heavy atom. The maximum atomic E-state index is 7.52. The van der Waals surface area contributed by atoms with Gasteiger partial charge in [-0.3, -0.25) is 0 Å². The fraction of sp³-hybridized carbons (Fsp3) is 0. The van der Waals surface area contributed by atoms with E-state index in [9.17, 15) is 0 Å². The van der Waals surface area contributed by atoms with Crippen molar-refractivity contribution in [3.63, 3.8) is 0 Å². The third kappa shape index (κ3) is 9.31. The van der Waals surface area contributed by atoms with Crippen molar-refractivity contribution in [2.24, 2.45) is 0 Å². The van der Waals surface area contributed by atoms with E-state index in [2.05, 4.69) is 376 Å². The largest absolute Gasteiger partial charge is 0.455 e. The maximum absolute atomic E-state index is 7.52. The van der Waals surface area contributed by atoms with E-state index in [1.54, 1.807) is 0 Å². The summed E-state index contributed by atoms with van der Waals surface area (Å²) in [5, 5.41) is 23.4. The van der Waals surface area contributed by atoms with E-state index >= 15 is 0 Å². The lowest BCUT2D eigenvalue weighted by molar-refractivity contribution is 0.670. The van der Waals surface area contributed by atoms with Crippen LogP contribution in [0.25, 0.3) is 230 Å². The van der Waals surface area contributed by atoms with Gasteiger partial charge in [-0.2, -0.15) is 0 Å². The fourth-order valence-electron chi connectivity index (χ4n) is 17.9. The van der Waals surface area contributed by atoms with Gasteiger partial charge in [0, 0.05) is 32.7 Å². The van der Waals surface area contributed by atoms with Gasteiger partial charge in [-0.1, -0.05) is 328 Å². The fourth-order valence-corrected chi connectivity index (χ4v) is 17.9. The van der Waals surface area contributed by atoms with Crippen molar-refractivity contribution in [3.8, 4) is 100 Å². The predicted octanol–water partition coefficient (Wildman–Crippen LogP) is 29.7. The van der Waals surface area contributed by atoms with Crippen molar-refractivity contribution in [1.82, 2.24) is 0 Å². The maximum Gasteiger partial charge on any atom is 0.143 e. The molecule has 0 atom stereocenters. The van der Waals surface area contributed by atoms with Crippen LogP contribution in [0.2, 0.25) is 0 Å². The Morgan fingerprint density at radius 1 is 0.132 bits per heavy atom. The number of benzene rings is 20. The summed E-state index contributed by atoms with van der Waals surface area (Å²) in [6.07, 6.45) is 0. The van der Waals surface area contributed by atoms with Crippen LogP contribution < -0.4 is 0 Å². The Morgan fingerprint density at radius 3 is 1.08 bits per heavy atom. The van der Waals surface area contributed by atoms with Gasteiger partial charge in [0.05, 0.1) is 0 Å². The zero-order valence-corrected chi connectivity index (χ0v) is 57.6. The minimum atomic E-state index is 0.831. The number of furan rings is 2. The first kappa shape index (κ1) is 59.7. The van der Waals surface area contributed by atoms with Crippen LogP contribution >= 0.6 is 0 Å². The SMILES string of the molecule is c1ccc(-c2c3ccccc3c(-c3cc4c(cc3-c3cccc5ccccc35)oc3c(-c5ccc(-c6c7ccccc7c(-c7cc(-c8cccc9ccccc89)c8oc9ccccc9c8c7)c7ccccc67)c(-c6ccc7ccccc7c6)c5)cccc34)c3ccccc23)c(-c2ccc3ccccc3c2)c1. The zero-order valence-electron chi connectivity index (χ0n) is 57.6. The lowest BCUT2D eigenvalue weighted by Crippen LogP contribution is -1.94. The Bertz CT molecular complexity index is 7340. The first-order chi connectivity index (χ1) is 52.6. The number of fused-ring (bicyclic) bond motifs is 14. The third-order valence-electron chi connectivity index (χ3n) is 22.6. The summed E-state index contributed by atoms with van der Waals surface area (Å²) in [6.45, 7) is 0. The van der Waals surface area contributed by atoms with E-state index in [0.717, 1.165) is 105 Å². The number of hydrogen-bond donors (Lipinski definition) is 0. The van der Waals surface area contributed by atoms with Gasteiger partial charge in [0.1, 0.15) is 22.3 Å². The summed E-state index contributed by atoms with van der Waals surface area (Å²) in [5.74, 6) is 0. The van der Waals surface area contributed by atoms with Gasteiger partial charge in [-0.05, 0) is 224 Å². The van der Waals surface area contributed by atoms with Crippen LogP contribution in [0, 0.1) is 0 Å². The molecule has 0 saturated carbocycles. The molecule has 2 heterocycles. The van der Waals surface area contributed by atoms with Crippen LogP contribution in [-0.4, -0.2) is 0 Å². The molecule has 22 aromatic rings. The molecule has 2 aromatic heterocycles. The molecule has 0 aliphatic rings. The van der Waals surface area contributed by atoms with E-state index in [0.29, 0.717) is 0 Å². The first-order valence-electron chi connectivity index (χ1n) is 36.6. The Labute approximate surface area is 611 Å². The zero-order chi connectivity index (χ0) is 69.5. The summed E-state index contributed by atoms with van der Waals surface area (Å²) in [5.41, 5.74) is 24.1. The van der Waals surface area contributed by atoms with Crippen LogP contribution in [0.3, 0.4) is 0 Å². The summed E-state index contributed by atoms with van der Waals surface area (Å²) in [4.78, 5) is 0. The highest BCUT2D eigenvalue weighted by Gasteiger charge is 2.27. The molecule has 0 bridgehead atoms. The number of hydrogen-bond acceptors (Lipinski definition) is 2. The molecule has 0 fully saturated rings. The standard InChI is InChI=1S/C104H62O2/c1-3-28-67-56-69(52-50-63(67)24-1)75-34-9-10-36-80(75)100-85-41-15-17-43-87(85)102(88-44-18-16-42-86(88)100)94-61-93-90-48-23-45-76(103(90)106-98(93)62-92(94)77-46-21-30-65-26-5-7-32-73(65)77)71-54-55-89(91(58-71)70-53-51-64-25-2-4-29-68(64)57-70)101-83-39-13-11-37-81(83)99(82-38-12-14-40-84(82)101)72-59-95(78-47-22-31-66-27-6-8-33-74(66)78)104-96(60-72)79-35-19-20-49-97(79)105-104/h1-62H. The molecule has 20 aromatic carbocycles. The molecule has 2 heteroatoms. The monoisotopic (exact) mass is 1340 g/mol. The second kappa shape index (κ2) is 23.8. The molecule has 0 N–H and O–H groups in total. The van der Waals surface area contributed by atoms with Crippen LogP contribution in [-0.2, 0) is 0 Å². The average molecular weight is 1340 g/mol. The van der Waals surface area contributed by atoms with E-state index in [4.69, 9.17) is 8.83 Å². The Hall–Kier alpha value is -13.9. The average Bonchev–Trinajstić information content (AvgIpc) is 1.16. The van der Waals surface area contributed by atoms with Crippen molar-refractivity contribution < 1.29 is 8.83 Å². The van der Waals surface area contributed by atoms with Crippen molar-refractivity contribution in [1.29, 1.82) is 0 Å². The van der Waals surface area contributed by atoms with Gasteiger partial charge in [-0.15, -0.1) is 0 Å². The van der Waals surface area contributed by atoms with Gasteiger partial charge in [-0.25, -0.2) is 0 Å². The smallest absolute Gasteiger partial charge is 0.143 e. The van der Waals surface area contributed by atoms with Crippen LogP contribution in [0.1, 0.15) is 0 Å². The highest BCUT2D eigenvalue weighted by molar-refractivity contribution is 6.27. The second-order valence-corrected chi connectivity index (χ2v) is 28.3. The van der Waals surface area contributed by atoms with Gasteiger partial charge >= 0.3 is 0 Å². The van der Waals surface area contributed by atoms with Gasteiger partial charge in [0.15, 0.2) is 0 Å². The van der Waals surface area contributed by atoms with Crippen molar-refractivity contribution in [3.05, 3.63) is 376 Å². The van der Waals surface area contributed by atoms with Gasteiger partial charge < -0.3 is 8.83 Å². The molecular formula is C104H62O2. The molecule has 0 saturated heterocycles. The molecule has 490 valence electrons. The van der Waals surface area contributed by atoms with Gasteiger partial charge in [0.2, 0.25) is 0 Å². The molecule has 0 aliphatic carbocycles. The molecule has 106 heavy (non-hydrogen) atoms. The first-order valence-corrected chi connectivity index (χ1v) is 36.6. The van der Waals surface area contributed by atoms with E-state index in [-0.39, 0.29) is 0 Å².